The number of ether oxygens (including phenoxy) is 3. The monoisotopic (exact) mass is 238 g/mol. The Morgan fingerprint density at radius 2 is 1.94 bits per heavy atom. The highest BCUT2D eigenvalue weighted by Crippen LogP contribution is 2.32. The van der Waals surface area contributed by atoms with Gasteiger partial charge in [0.15, 0.2) is 6.29 Å². The van der Waals surface area contributed by atoms with Crippen molar-refractivity contribution in [2.45, 2.75) is 31.1 Å². The summed E-state index contributed by atoms with van der Waals surface area (Å²) >= 11 is 0. The molecule has 92 valence electrons. The van der Waals surface area contributed by atoms with Gasteiger partial charge in [0, 0.05) is 12.0 Å². The second-order valence-electron chi connectivity index (χ2n) is 4.39. The Labute approximate surface area is 99.5 Å². The summed E-state index contributed by atoms with van der Waals surface area (Å²) in [5.41, 5.74) is 0.920. The molecule has 2 heterocycles. The lowest BCUT2D eigenvalue weighted by molar-refractivity contribution is -0.291. The van der Waals surface area contributed by atoms with Crippen molar-refractivity contribution in [1.82, 2.24) is 0 Å². The van der Waals surface area contributed by atoms with Gasteiger partial charge in [-0.2, -0.15) is 0 Å². The van der Waals surface area contributed by atoms with Gasteiger partial charge < -0.3 is 14.2 Å². The number of hydrogen-bond donors (Lipinski definition) is 0. The molecule has 1 aromatic carbocycles. The van der Waals surface area contributed by atoms with Gasteiger partial charge in [-0.05, 0) is 0 Å². The van der Waals surface area contributed by atoms with Gasteiger partial charge in [0.2, 0.25) is 0 Å². The normalized spacial score (nSPS) is 37.5. The molecule has 0 aromatic heterocycles. The summed E-state index contributed by atoms with van der Waals surface area (Å²) < 4.78 is 30.4. The van der Waals surface area contributed by atoms with Crippen LogP contribution in [-0.2, 0) is 14.2 Å². The highest BCUT2D eigenvalue weighted by molar-refractivity contribution is 5.16. The zero-order valence-electron chi connectivity index (χ0n) is 9.42. The van der Waals surface area contributed by atoms with Gasteiger partial charge in [0.25, 0.3) is 0 Å². The van der Waals surface area contributed by atoms with Gasteiger partial charge in [-0.15, -0.1) is 0 Å². The van der Waals surface area contributed by atoms with E-state index in [4.69, 9.17) is 14.2 Å². The quantitative estimate of drug-likeness (QED) is 0.751. The van der Waals surface area contributed by atoms with E-state index >= 15 is 0 Å². The standard InChI is InChI=1S/C13H15FO3/c14-10-6-7-15-11-8-16-13(17-12(10)11)9-4-2-1-3-5-9/h1-5,10-13H,6-8H2/t10-,11?,12+,13?/m1/s1. The lowest BCUT2D eigenvalue weighted by atomic mass is 10.0. The topological polar surface area (TPSA) is 27.7 Å². The molecular formula is C13H15FO3. The van der Waals surface area contributed by atoms with Crippen molar-refractivity contribution in [1.29, 1.82) is 0 Å². The van der Waals surface area contributed by atoms with Crippen LogP contribution in [0.1, 0.15) is 18.3 Å². The SMILES string of the molecule is F[C@@H]1CCOC2COC(c3ccccc3)O[C@H]21. The molecule has 0 saturated carbocycles. The first-order chi connectivity index (χ1) is 8.34. The third kappa shape index (κ3) is 2.20. The van der Waals surface area contributed by atoms with Crippen LogP contribution in [0.2, 0.25) is 0 Å². The fourth-order valence-electron chi connectivity index (χ4n) is 2.29. The highest BCUT2D eigenvalue weighted by atomic mass is 19.1. The Hall–Kier alpha value is -0.970. The van der Waals surface area contributed by atoms with E-state index in [1.54, 1.807) is 0 Å². The molecule has 0 bridgehead atoms. The van der Waals surface area contributed by atoms with Gasteiger partial charge in [-0.25, -0.2) is 4.39 Å². The molecule has 3 nitrogen and oxygen atoms in total. The first kappa shape index (κ1) is 11.1. The van der Waals surface area contributed by atoms with Crippen LogP contribution >= 0.6 is 0 Å². The molecule has 4 heteroatoms. The Morgan fingerprint density at radius 3 is 2.76 bits per heavy atom. The minimum atomic E-state index is -0.955. The van der Waals surface area contributed by atoms with Crippen LogP contribution in [0, 0.1) is 0 Å². The van der Waals surface area contributed by atoms with E-state index in [9.17, 15) is 4.39 Å². The van der Waals surface area contributed by atoms with Gasteiger partial charge in [-0.1, -0.05) is 30.3 Å². The highest BCUT2D eigenvalue weighted by Gasteiger charge is 2.41. The Kier molecular flexibility index (Phi) is 3.09. The minimum absolute atomic E-state index is 0.265. The number of hydrogen-bond acceptors (Lipinski definition) is 3. The number of rotatable bonds is 1. The average Bonchev–Trinajstić information content (AvgIpc) is 2.40. The first-order valence-electron chi connectivity index (χ1n) is 5.92. The van der Waals surface area contributed by atoms with Crippen molar-refractivity contribution < 1.29 is 18.6 Å². The van der Waals surface area contributed by atoms with E-state index in [0.29, 0.717) is 19.6 Å². The Balaban J connectivity index is 1.74. The maximum absolute atomic E-state index is 13.7. The van der Waals surface area contributed by atoms with Crippen LogP contribution in [0.25, 0.3) is 0 Å². The summed E-state index contributed by atoms with van der Waals surface area (Å²) in [5.74, 6) is 0. The van der Waals surface area contributed by atoms with E-state index in [1.807, 2.05) is 30.3 Å². The second-order valence-corrected chi connectivity index (χ2v) is 4.39. The zero-order valence-corrected chi connectivity index (χ0v) is 9.42. The van der Waals surface area contributed by atoms with E-state index in [-0.39, 0.29) is 6.10 Å². The molecule has 17 heavy (non-hydrogen) atoms. The summed E-state index contributed by atoms with van der Waals surface area (Å²) in [4.78, 5) is 0. The molecule has 0 aliphatic carbocycles. The fraction of sp³-hybridized carbons (Fsp3) is 0.538. The molecule has 4 atom stereocenters. The molecule has 3 rings (SSSR count). The lowest BCUT2D eigenvalue weighted by Crippen LogP contribution is -2.50. The molecule has 2 fully saturated rings. The average molecular weight is 238 g/mol. The lowest BCUT2D eigenvalue weighted by Gasteiger charge is -2.40. The number of benzene rings is 1. The third-order valence-corrected chi connectivity index (χ3v) is 3.21. The Morgan fingerprint density at radius 1 is 1.12 bits per heavy atom. The predicted octanol–water partition coefficient (Wildman–Crippen LogP) is 2.23. The summed E-state index contributed by atoms with van der Waals surface area (Å²) in [6.07, 6.45) is -1.79. The molecule has 1 aromatic rings. The smallest absolute Gasteiger partial charge is 0.184 e. The molecule has 2 saturated heterocycles. The molecule has 2 aliphatic heterocycles. The molecule has 0 N–H and O–H groups in total. The third-order valence-electron chi connectivity index (χ3n) is 3.21. The van der Waals surface area contributed by atoms with Crippen molar-refractivity contribution in [3.63, 3.8) is 0 Å². The molecule has 0 spiro atoms. The van der Waals surface area contributed by atoms with Gasteiger partial charge >= 0.3 is 0 Å². The summed E-state index contributed by atoms with van der Waals surface area (Å²) in [5, 5.41) is 0. The number of alkyl halides is 1. The second kappa shape index (κ2) is 4.72. The number of halogens is 1. The first-order valence-corrected chi connectivity index (χ1v) is 5.92. The molecular weight excluding hydrogens is 223 g/mol. The van der Waals surface area contributed by atoms with Crippen molar-refractivity contribution in [2.75, 3.05) is 13.2 Å². The van der Waals surface area contributed by atoms with Crippen LogP contribution in [0.3, 0.4) is 0 Å². The maximum Gasteiger partial charge on any atom is 0.184 e. The van der Waals surface area contributed by atoms with Crippen LogP contribution in [0.15, 0.2) is 30.3 Å². The van der Waals surface area contributed by atoms with Crippen molar-refractivity contribution in [3.05, 3.63) is 35.9 Å². The number of fused-ring (bicyclic) bond motifs is 1. The van der Waals surface area contributed by atoms with Gasteiger partial charge in [-0.3, -0.25) is 0 Å². The minimum Gasteiger partial charge on any atom is -0.373 e. The van der Waals surface area contributed by atoms with Crippen molar-refractivity contribution in [3.8, 4) is 0 Å². The molecule has 0 radical (unpaired) electrons. The predicted molar refractivity (Wildman–Crippen MR) is 59.3 cm³/mol. The fourth-order valence-corrected chi connectivity index (χ4v) is 2.29. The van der Waals surface area contributed by atoms with Gasteiger partial charge in [0.05, 0.1) is 13.2 Å². The summed E-state index contributed by atoms with van der Waals surface area (Å²) in [7, 11) is 0. The summed E-state index contributed by atoms with van der Waals surface area (Å²) in [6, 6.07) is 9.59. The molecule has 0 amide bonds. The van der Waals surface area contributed by atoms with E-state index < -0.39 is 18.6 Å². The van der Waals surface area contributed by atoms with E-state index in [1.165, 1.54) is 0 Å². The van der Waals surface area contributed by atoms with Crippen LogP contribution < -0.4 is 0 Å². The Bertz CT molecular complexity index is 370. The van der Waals surface area contributed by atoms with Crippen LogP contribution in [0.5, 0.6) is 0 Å². The maximum atomic E-state index is 13.7. The van der Waals surface area contributed by atoms with Crippen LogP contribution in [0.4, 0.5) is 4.39 Å². The van der Waals surface area contributed by atoms with E-state index in [2.05, 4.69) is 0 Å². The van der Waals surface area contributed by atoms with E-state index in [0.717, 1.165) is 5.56 Å². The van der Waals surface area contributed by atoms with Crippen molar-refractivity contribution in [2.24, 2.45) is 0 Å². The van der Waals surface area contributed by atoms with Crippen molar-refractivity contribution >= 4 is 0 Å². The zero-order chi connectivity index (χ0) is 11.7. The molecule has 2 aliphatic rings. The molecule has 2 unspecified atom stereocenters. The van der Waals surface area contributed by atoms with Crippen LogP contribution in [-0.4, -0.2) is 31.6 Å². The largest absolute Gasteiger partial charge is 0.373 e. The summed E-state index contributed by atoms with van der Waals surface area (Å²) in [6.45, 7) is 0.843. The van der Waals surface area contributed by atoms with Gasteiger partial charge in [0.1, 0.15) is 18.4 Å².